The van der Waals surface area contributed by atoms with Gasteiger partial charge in [0.25, 0.3) is 0 Å². The summed E-state index contributed by atoms with van der Waals surface area (Å²) >= 11 is 1.89. The van der Waals surface area contributed by atoms with Gasteiger partial charge in [-0.1, -0.05) is 155 Å². The number of fused-ring (bicyclic) bond motifs is 16. The smallest absolute Gasteiger partial charge is 0.144 e. The van der Waals surface area contributed by atoms with E-state index in [0.29, 0.717) is 0 Å². The van der Waals surface area contributed by atoms with Gasteiger partial charge in [-0.25, -0.2) is 0 Å². The molecule has 3 aliphatic carbocycles. The molecule has 0 saturated heterocycles. The Hall–Kier alpha value is -6.68. The van der Waals surface area contributed by atoms with Gasteiger partial charge in [-0.05, 0) is 99.0 Å². The normalized spacial score (nSPS) is 15.7. The Bertz CT molecular complexity index is 3610. The van der Waals surface area contributed by atoms with E-state index in [9.17, 15) is 0 Å². The summed E-state index contributed by atoms with van der Waals surface area (Å²) in [6, 6.07) is 54.5. The van der Waals surface area contributed by atoms with Gasteiger partial charge < -0.3 is 9.32 Å². The second-order valence-electron chi connectivity index (χ2n) is 18.2. The molecule has 0 saturated carbocycles. The van der Waals surface area contributed by atoms with Crippen molar-refractivity contribution in [3.05, 3.63) is 192 Å². The standard InChI is InChI=1S/C58H43NOS/c1-57(2)44-26-12-10-22-42(44)50-46(57)27-16-28-47(50)59(34-17-6-5-7-18-34)35-31-32-45-43(33-35)53-54(58(45,3)4)39-21-9-8-20-37(39)52-51-38(23-15-29-48(51)60-55(52)53)41-25-14-24-40-36-19-11-13-30-49(36)61-56(40)41/h6,8-33H,5,7H2,1-4H3. The van der Waals surface area contributed by atoms with Gasteiger partial charge in [-0.15, -0.1) is 11.3 Å². The maximum atomic E-state index is 7.28. The Balaban J connectivity index is 1.10. The van der Waals surface area contributed by atoms with Crippen molar-refractivity contribution in [2.24, 2.45) is 0 Å². The maximum absolute atomic E-state index is 7.28. The predicted octanol–water partition coefficient (Wildman–Crippen LogP) is 16.8. The van der Waals surface area contributed by atoms with Gasteiger partial charge in [0.1, 0.15) is 11.2 Å². The number of hydrogen-bond acceptors (Lipinski definition) is 3. The summed E-state index contributed by atoms with van der Waals surface area (Å²) in [6.45, 7) is 9.55. The van der Waals surface area contributed by atoms with Gasteiger partial charge in [0.05, 0.1) is 5.69 Å². The molecule has 61 heavy (non-hydrogen) atoms. The van der Waals surface area contributed by atoms with Gasteiger partial charge in [0.15, 0.2) is 0 Å². The van der Waals surface area contributed by atoms with Crippen LogP contribution in [0.2, 0.25) is 0 Å². The lowest BCUT2D eigenvalue weighted by molar-refractivity contribution is 0.658. The lowest BCUT2D eigenvalue weighted by Gasteiger charge is -2.31. The fourth-order valence-corrected chi connectivity index (χ4v) is 12.7. The highest BCUT2D eigenvalue weighted by Gasteiger charge is 2.42. The Morgan fingerprint density at radius 3 is 2.11 bits per heavy atom. The number of anilines is 2. The molecular formula is C58H43NOS. The highest BCUT2D eigenvalue weighted by Crippen LogP contribution is 2.59. The molecule has 2 heterocycles. The number of allylic oxidation sites excluding steroid dienone is 3. The molecule has 292 valence electrons. The molecule has 0 amide bonds. The van der Waals surface area contributed by atoms with Crippen molar-refractivity contribution in [1.82, 2.24) is 0 Å². The summed E-state index contributed by atoms with van der Waals surface area (Å²) in [4.78, 5) is 2.53. The van der Waals surface area contributed by atoms with Crippen molar-refractivity contribution in [2.75, 3.05) is 4.90 Å². The van der Waals surface area contributed by atoms with Crippen LogP contribution in [0.15, 0.2) is 174 Å². The summed E-state index contributed by atoms with van der Waals surface area (Å²) in [7, 11) is 0. The number of nitrogens with zero attached hydrogens (tertiary/aromatic N) is 1. The van der Waals surface area contributed by atoms with Crippen LogP contribution in [-0.4, -0.2) is 0 Å². The number of thiophene rings is 1. The monoisotopic (exact) mass is 801 g/mol. The molecule has 0 atom stereocenters. The molecule has 0 radical (unpaired) electrons. The van der Waals surface area contributed by atoms with Crippen LogP contribution in [0.3, 0.4) is 0 Å². The zero-order valence-corrected chi connectivity index (χ0v) is 35.6. The average Bonchev–Trinajstić information content (AvgIpc) is 4.00. The first-order valence-electron chi connectivity index (χ1n) is 21.7. The quantitative estimate of drug-likeness (QED) is 0.176. The molecule has 0 bridgehead atoms. The van der Waals surface area contributed by atoms with Gasteiger partial charge >= 0.3 is 0 Å². The molecule has 10 aromatic rings. The molecule has 0 unspecified atom stereocenters. The highest BCUT2D eigenvalue weighted by molar-refractivity contribution is 7.26. The van der Waals surface area contributed by atoms with Crippen LogP contribution in [0, 0.1) is 0 Å². The van der Waals surface area contributed by atoms with E-state index >= 15 is 0 Å². The van der Waals surface area contributed by atoms with Crippen molar-refractivity contribution in [2.45, 2.75) is 51.4 Å². The molecule has 3 heteroatoms. The number of benzene rings is 8. The van der Waals surface area contributed by atoms with Gasteiger partial charge in [0, 0.05) is 69.8 Å². The van der Waals surface area contributed by atoms with Crippen LogP contribution in [0.25, 0.3) is 86.3 Å². The van der Waals surface area contributed by atoms with E-state index in [-0.39, 0.29) is 10.8 Å². The SMILES string of the molecule is CC1(C)c2ccccc2-c2c(N(C3=CCCC=C3)c3ccc4c(c3)-c3c(c5ccccc5c5c3oc3cccc(-c6cccc7c6sc6ccccc67)c35)C4(C)C)cccc21. The number of rotatable bonds is 4. The van der Waals surface area contributed by atoms with Crippen LogP contribution < -0.4 is 4.90 Å². The fraction of sp³-hybridized carbons (Fsp3) is 0.138. The van der Waals surface area contributed by atoms with Gasteiger partial charge in [0.2, 0.25) is 0 Å². The predicted molar refractivity (Wildman–Crippen MR) is 260 cm³/mol. The second kappa shape index (κ2) is 12.4. The van der Waals surface area contributed by atoms with Crippen molar-refractivity contribution in [3.8, 4) is 33.4 Å². The van der Waals surface area contributed by atoms with Crippen LogP contribution in [0.4, 0.5) is 11.4 Å². The topological polar surface area (TPSA) is 16.4 Å². The first-order valence-corrected chi connectivity index (χ1v) is 22.5. The number of hydrogen-bond donors (Lipinski definition) is 0. The largest absolute Gasteiger partial charge is 0.455 e. The molecule has 13 rings (SSSR count). The molecule has 2 aromatic heterocycles. The zero-order chi connectivity index (χ0) is 40.8. The van der Waals surface area contributed by atoms with E-state index in [1.807, 2.05) is 11.3 Å². The lowest BCUT2D eigenvalue weighted by atomic mass is 9.79. The Labute approximate surface area is 359 Å². The summed E-state index contributed by atoms with van der Waals surface area (Å²) in [6.07, 6.45) is 9.14. The van der Waals surface area contributed by atoms with Gasteiger partial charge in [-0.3, -0.25) is 0 Å². The molecule has 0 aliphatic heterocycles. The lowest BCUT2D eigenvalue weighted by Crippen LogP contribution is -2.19. The molecule has 0 fully saturated rings. The molecule has 2 nitrogen and oxygen atoms in total. The van der Waals surface area contributed by atoms with E-state index in [1.54, 1.807) is 0 Å². The third-order valence-electron chi connectivity index (χ3n) is 14.2. The first kappa shape index (κ1) is 35.1. The minimum absolute atomic E-state index is 0.0966. The van der Waals surface area contributed by atoms with Crippen molar-refractivity contribution >= 4 is 75.6 Å². The number of furan rings is 1. The van der Waals surface area contributed by atoms with Crippen LogP contribution in [0.1, 0.15) is 62.8 Å². The molecule has 0 spiro atoms. The molecule has 0 N–H and O–H groups in total. The minimum Gasteiger partial charge on any atom is -0.455 e. The maximum Gasteiger partial charge on any atom is 0.144 e. The fourth-order valence-electron chi connectivity index (χ4n) is 11.5. The highest BCUT2D eigenvalue weighted by atomic mass is 32.1. The Morgan fingerprint density at radius 1 is 0.541 bits per heavy atom. The second-order valence-corrected chi connectivity index (χ2v) is 19.3. The van der Waals surface area contributed by atoms with Crippen LogP contribution in [-0.2, 0) is 10.8 Å². The molecular weight excluding hydrogens is 759 g/mol. The van der Waals surface area contributed by atoms with Crippen molar-refractivity contribution < 1.29 is 4.42 Å². The van der Waals surface area contributed by atoms with Gasteiger partial charge in [-0.2, -0.15) is 0 Å². The van der Waals surface area contributed by atoms with Crippen LogP contribution >= 0.6 is 11.3 Å². The summed E-state index contributed by atoms with van der Waals surface area (Å²) in [5.74, 6) is 0. The third-order valence-corrected chi connectivity index (χ3v) is 15.5. The average molecular weight is 802 g/mol. The van der Waals surface area contributed by atoms with E-state index in [4.69, 9.17) is 4.42 Å². The zero-order valence-electron chi connectivity index (χ0n) is 34.8. The Kier molecular flexibility index (Phi) is 7.16. The summed E-state index contributed by atoms with van der Waals surface area (Å²) in [5.41, 5.74) is 18.2. The third kappa shape index (κ3) is 4.67. The summed E-state index contributed by atoms with van der Waals surface area (Å²) in [5, 5.41) is 7.53. The Morgan fingerprint density at radius 2 is 1.25 bits per heavy atom. The molecule has 3 aliphatic rings. The van der Waals surface area contributed by atoms with Crippen molar-refractivity contribution in [1.29, 1.82) is 0 Å². The summed E-state index contributed by atoms with van der Waals surface area (Å²) < 4.78 is 9.91. The van der Waals surface area contributed by atoms with E-state index in [1.165, 1.54) is 109 Å². The molecule has 8 aromatic carbocycles. The van der Waals surface area contributed by atoms with E-state index in [2.05, 4.69) is 196 Å². The van der Waals surface area contributed by atoms with Crippen LogP contribution in [0.5, 0.6) is 0 Å². The van der Waals surface area contributed by atoms with E-state index in [0.717, 1.165) is 29.7 Å². The van der Waals surface area contributed by atoms with Crippen molar-refractivity contribution in [3.63, 3.8) is 0 Å². The minimum atomic E-state index is -0.257. The van der Waals surface area contributed by atoms with E-state index < -0.39 is 0 Å². The first-order chi connectivity index (χ1) is 29.8.